The second-order valence-corrected chi connectivity index (χ2v) is 7.17. The lowest BCUT2D eigenvalue weighted by Gasteiger charge is -2.14. The third-order valence-electron chi connectivity index (χ3n) is 3.63. The number of ether oxygens (including phenoxy) is 1. The zero-order valence-corrected chi connectivity index (χ0v) is 14.1. The summed E-state index contributed by atoms with van der Waals surface area (Å²) in [6.07, 6.45) is 0. The van der Waals surface area contributed by atoms with Crippen molar-refractivity contribution < 1.29 is 21.9 Å². The van der Waals surface area contributed by atoms with Gasteiger partial charge in [-0.15, -0.1) is 0 Å². The molecule has 7 heteroatoms. The van der Waals surface area contributed by atoms with Gasteiger partial charge in [0.05, 0.1) is 10.6 Å². The summed E-state index contributed by atoms with van der Waals surface area (Å²) in [5.74, 6) is -0.232. The third kappa shape index (κ3) is 3.88. The summed E-state index contributed by atoms with van der Waals surface area (Å²) in [5, 5.41) is 1.66. The molecule has 0 bridgehead atoms. The maximum atomic E-state index is 12.6. The highest BCUT2D eigenvalue weighted by atomic mass is 32.2. The van der Waals surface area contributed by atoms with E-state index in [1.165, 1.54) is 24.3 Å². The van der Waals surface area contributed by atoms with E-state index in [0.717, 1.165) is 10.8 Å². The average molecular weight is 363 g/mol. The van der Waals surface area contributed by atoms with E-state index < -0.39 is 16.6 Å². The lowest BCUT2D eigenvalue weighted by molar-refractivity contribution is -0.0493. The van der Waals surface area contributed by atoms with Crippen molar-refractivity contribution in [2.24, 2.45) is 0 Å². The van der Waals surface area contributed by atoms with Gasteiger partial charge in [0.2, 0.25) is 0 Å². The van der Waals surface area contributed by atoms with Crippen molar-refractivity contribution in [3.63, 3.8) is 0 Å². The lowest BCUT2D eigenvalue weighted by atomic mass is 10.1. The third-order valence-corrected chi connectivity index (χ3v) is 4.99. The fourth-order valence-corrected chi connectivity index (χ4v) is 3.56. The van der Waals surface area contributed by atoms with Crippen molar-refractivity contribution in [1.29, 1.82) is 0 Å². The highest BCUT2D eigenvalue weighted by Crippen LogP contribution is 2.30. The Morgan fingerprint density at radius 1 is 0.960 bits per heavy atom. The molecule has 0 aliphatic heterocycles. The molecule has 0 amide bonds. The first kappa shape index (κ1) is 17.2. The molecule has 0 aliphatic rings. The van der Waals surface area contributed by atoms with Crippen molar-refractivity contribution in [2.45, 2.75) is 18.4 Å². The van der Waals surface area contributed by atoms with Gasteiger partial charge in [0.15, 0.2) is 0 Å². The summed E-state index contributed by atoms with van der Waals surface area (Å²) in [5.41, 5.74) is 0.672. The van der Waals surface area contributed by atoms with Crippen molar-refractivity contribution in [1.82, 2.24) is 0 Å². The Hall–Kier alpha value is -2.67. The predicted molar refractivity (Wildman–Crippen MR) is 92.6 cm³/mol. The van der Waals surface area contributed by atoms with E-state index >= 15 is 0 Å². The Balaban J connectivity index is 1.99. The molecule has 130 valence electrons. The SMILES string of the molecule is Cc1ccc(OC(F)F)c(NS(=O)(=O)c2ccc3ccccc3c2)c1. The predicted octanol–water partition coefficient (Wildman–Crippen LogP) is 4.55. The first-order valence-electron chi connectivity index (χ1n) is 7.42. The number of hydrogen-bond acceptors (Lipinski definition) is 3. The van der Waals surface area contributed by atoms with Gasteiger partial charge in [-0.1, -0.05) is 36.4 Å². The van der Waals surface area contributed by atoms with Crippen LogP contribution in [0.15, 0.2) is 65.6 Å². The normalized spacial score (nSPS) is 11.7. The quantitative estimate of drug-likeness (QED) is 0.723. The largest absolute Gasteiger partial charge is 0.433 e. The van der Waals surface area contributed by atoms with Gasteiger partial charge in [0, 0.05) is 0 Å². The average Bonchev–Trinajstić information content (AvgIpc) is 2.56. The van der Waals surface area contributed by atoms with E-state index in [4.69, 9.17) is 0 Å². The monoisotopic (exact) mass is 363 g/mol. The van der Waals surface area contributed by atoms with Crippen LogP contribution in [0, 0.1) is 6.92 Å². The molecular weight excluding hydrogens is 348 g/mol. The highest BCUT2D eigenvalue weighted by Gasteiger charge is 2.18. The smallest absolute Gasteiger partial charge is 0.387 e. The van der Waals surface area contributed by atoms with E-state index in [-0.39, 0.29) is 16.3 Å². The molecule has 0 atom stereocenters. The Morgan fingerprint density at radius 2 is 1.68 bits per heavy atom. The van der Waals surface area contributed by atoms with Gasteiger partial charge in [-0.05, 0) is 47.5 Å². The summed E-state index contributed by atoms with van der Waals surface area (Å²) in [6, 6.07) is 16.3. The molecule has 0 spiro atoms. The minimum absolute atomic E-state index is 0.0338. The summed E-state index contributed by atoms with van der Waals surface area (Å²) in [6.45, 7) is -1.33. The number of aryl methyl sites for hydroxylation is 1. The van der Waals surface area contributed by atoms with Crippen LogP contribution in [0.2, 0.25) is 0 Å². The van der Waals surface area contributed by atoms with E-state index in [1.807, 2.05) is 12.1 Å². The van der Waals surface area contributed by atoms with Crippen LogP contribution in [0.4, 0.5) is 14.5 Å². The summed E-state index contributed by atoms with van der Waals surface area (Å²) < 4.78 is 57.1. The first-order chi connectivity index (χ1) is 11.8. The van der Waals surface area contributed by atoms with Crippen molar-refractivity contribution in [2.75, 3.05) is 4.72 Å². The molecule has 0 aliphatic carbocycles. The standard InChI is InChI=1S/C18H15F2NO3S/c1-12-6-9-17(24-18(19)20)16(10-12)21-25(22,23)15-8-7-13-4-2-3-5-14(13)11-15/h2-11,18,21H,1H3. The molecule has 0 radical (unpaired) electrons. The van der Waals surface area contributed by atoms with Crippen molar-refractivity contribution in [3.05, 3.63) is 66.2 Å². The summed E-state index contributed by atoms with van der Waals surface area (Å²) in [4.78, 5) is 0.0377. The number of nitrogens with one attached hydrogen (secondary N) is 1. The molecule has 3 aromatic carbocycles. The molecule has 25 heavy (non-hydrogen) atoms. The molecule has 0 saturated carbocycles. The number of sulfonamides is 1. The molecule has 0 aromatic heterocycles. The van der Waals surface area contributed by atoms with Gasteiger partial charge in [-0.2, -0.15) is 8.78 Å². The van der Waals surface area contributed by atoms with Crippen LogP contribution in [0.1, 0.15) is 5.56 Å². The lowest BCUT2D eigenvalue weighted by Crippen LogP contribution is -2.15. The second-order valence-electron chi connectivity index (χ2n) is 5.49. The molecule has 0 saturated heterocycles. The van der Waals surface area contributed by atoms with Gasteiger partial charge in [-0.3, -0.25) is 4.72 Å². The minimum atomic E-state index is -3.95. The summed E-state index contributed by atoms with van der Waals surface area (Å²) in [7, 11) is -3.95. The molecule has 3 aromatic rings. The highest BCUT2D eigenvalue weighted by molar-refractivity contribution is 7.92. The van der Waals surface area contributed by atoms with Crippen LogP contribution in [-0.4, -0.2) is 15.0 Å². The van der Waals surface area contributed by atoms with Crippen molar-refractivity contribution >= 4 is 26.5 Å². The zero-order chi connectivity index (χ0) is 18.0. The number of anilines is 1. The Kier molecular flexibility index (Phi) is 4.59. The number of fused-ring (bicyclic) bond motifs is 1. The molecule has 0 unspecified atom stereocenters. The molecule has 4 nitrogen and oxygen atoms in total. The second kappa shape index (κ2) is 6.68. The maximum Gasteiger partial charge on any atom is 0.387 e. The number of rotatable bonds is 5. The van der Waals surface area contributed by atoms with Crippen LogP contribution in [0.3, 0.4) is 0 Å². The molecule has 0 heterocycles. The fraction of sp³-hybridized carbons (Fsp3) is 0.111. The van der Waals surface area contributed by atoms with Crippen LogP contribution in [-0.2, 0) is 10.0 Å². The van der Waals surface area contributed by atoms with Gasteiger partial charge in [0.1, 0.15) is 5.75 Å². The van der Waals surface area contributed by atoms with Crippen LogP contribution in [0.5, 0.6) is 5.75 Å². The van der Waals surface area contributed by atoms with Crippen LogP contribution < -0.4 is 9.46 Å². The van der Waals surface area contributed by atoms with Gasteiger partial charge in [-0.25, -0.2) is 8.42 Å². The molecule has 3 rings (SSSR count). The Morgan fingerprint density at radius 3 is 2.40 bits per heavy atom. The number of hydrogen-bond donors (Lipinski definition) is 1. The maximum absolute atomic E-state index is 12.6. The van der Waals surface area contributed by atoms with E-state index in [0.29, 0.717) is 5.56 Å². The van der Waals surface area contributed by atoms with E-state index in [2.05, 4.69) is 9.46 Å². The molecular formula is C18H15F2NO3S. The Bertz CT molecular complexity index is 1020. The van der Waals surface area contributed by atoms with Crippen LogP contribution in [0.25, 0.3) is 10.8 Å². The topological polar surface area (TPSA) is 55.4 Å². The zero-order valence-electron chi connectivity index (χ0n) is 13.2. The van der Waals surface area contributed by atoms with Gasteiger partial charge >= 0.3 is 6.61 Å². The summed E-state index contributed by atoms with van der Waals surface area (Å²) >= 11 is 0. The van der Waals surface area contributed by atoms with Gasteiger partial charge in [0.25, 0.3) is 10.0 Å². The molecule has 0 fully saturated rings. The van der Waals surface area contributed by atoms with E-state index in [9.17, 15) is 17.2 Å². The molecule has 1 N–H and O–H groups in total. The van der Waals surface area contributed by atoms with Gasteiger partial charge < -0.3 is 4.74 Å². The van der Waals surface area contributed by atoms with E-state index in [1.54, 1.807) is 31.2 Å². The Labute approximate surface area is 144 Å². The van der Waals surface area contributed by atoms with Crippen LogP contribution >= 0.6 is 0 Å². The number of benzene rings is 3. The fourth-order valence-electron chi connectivity index (χ4n) is 2.46. The first-order valence-corrected chi connectivity index (χ1v) is 8.90. The van der Waals surface area contributed by atoms with Crippen molar-refractivity contribution in [3.8, 4) is 5.75 Å². The minimum Gasteiger partial charge on any atom is -0.433 e. The number of alkyl halides is 2. The number of halogens is 2.